The van der Waals surface area contributed by atoms with E-state index in [1.165, 1.54) is 0 Å². The van der Waals surface area contributed by atoms with Gasteiger partial charge < -0.3 is 43.4 Å². The minimum absolute atomic E-state index is 0.0242. The SMILES string of the molecule is CCCOCCOCCOCCOCCC(=O)NCCOCCOCCOCCNS(=O)(=O)c1ccc(C2CN(C)Cc3c(Cl)cc(Cl)cc32)cc1. The fraction of sp³-hybridized carbons (Fsp3) is 0.639. The van der Waals surface area contributed by atoms with E-state index in [1.54, 1.807) is 18.2 Å². The lowest BCUT2D eigenvalue weighted by atomic mass is 9.85. The van der Waals surface area contributed by atoms with Crippen molar-refractivity contribution in [3.63, 3.8) is 0 Å². The number of halogens is 2. The standard InChI is InChI=1S/C36H55Cl2N3O10S/c1-3-11-45-15-19-49-23-24-50-20-16-46-12-8-36(42)39-9-13-47-17-21-51-22-18-48-14-10-40-52(43,44)31-6-4-29(5-7-31)33-27-41(2)28-34-32(33)25-30(37)26-35(34)38/h4-7,25-26,33,40H,3,8-24,27-28H2,1-2H3,(H,39,42). The van der Waals surface area contributed by atoms with Gasteiger partial charge in [-0.2, -0.15) is 0 Å². The van der Waals surface area contributed by atoms with Crippen molar-refractivity contribution in [1.82, 2.24) is 14.9 Å². The minimum atomic E-state index is -3.70. The molecular formula is C36H55Cl2N3O10S. The van der Waals surface area contributed by atoms with Crippen LogP contribution in [0.1, 0.15) is 42.4 Å². The Morgan fingerprint density at radius 3 is 1.85 bits per heavy atom. The number of carbonyl (C=O) groups excluding carboxylic acids is 1. The molecule has 13 nitrogen and oxygen atoms in total. The van der Waals surface area contributed by atoms with Crippen LogP contribution in [0.2, 0.25) is 10.0 Å². The normalized spacial score (nSPS) is 14.8. The van der Waals surface area contributed by atoms with Crippen LogP contribution in [0.15, 0.2) is 41.3 Å². The summed E-state index contributed by atoms with van der Waals surface area (Å²) in [5.74, 6) is -0.0838. The van der Waals surface area contributed by atoms with Gasteiger partial charge in [-0.05, 0) is 54.4 Å². The van der Waals surface area contributed by atoms with E-state index >= 15 is 0 Å². The van der Waals surface area contributed by atoms with Gasteiger partial charge in [0.2, 0.25) is 15.9 Å². The molecule has 0 saturated heterocycles. The second-order valence-electron chi connectivity index (χ2n) is 12.1. The molecule has 1 atom stereocenters. The van der Waals surface area contributed by atoms with Gasteiger partial charge in [0.05, 0.1) is 90.8 Å². The summed E-state index contributed by atoms with van der Waals surface area (Å²) >= 11 is 12.8. The molecule has 1 heterocycles. The number of nitrogens with zero attached hydrogens (tertiary/aromatic N) is 1. The van der Waals surface area contributed by atoms with E-state index in [1.807, 2.05) is 25.2 Å². The summed E-state index contributed by atoms with van der Waals surface area (Å²) in [4.78, 5) is 14.3. The van der Waals surface area contributed by atoms with Gasteiger partial charge in [0.25, 0.3) is 0 Å². The van der Waals surface area contributed by atoms with Crippen molar-refractivity contribution in [2.24, 2.45) is 0 Å². The number of likely N-dealkylation sites (N-methyl/N-ethyl adjacent to an activating group) is 1. The Morgan fingerprint density at radius 2 is 1.27 bits per heavy atom. The zero-order valence-electron chi connectivity index (χ0n) is 30.4. The van der Waals surface area contributed by atoms with Crippen LogP contribution in [0.3, 0.4) is 0 Å². The summed E-state index contributed by atoms with van der Waals surface area (Å²) in [7, 11) is -1.67. The molecule has 0 fully saturated rings. The minimum Gasteiger partial charge on any atom is -0.379 e. The number of ether oxygens (including phenoxy) is 7. The average molecular weight is 793 g/mol. The first-order valence-corrected chi connectivity index (χ1v) is 20.0. The first-order chi connectivity index (χ1) is 25.2. The Morgan fingerprint density at radius 1 is 0.750 bits per heavy atom. The molecule has 1 amide bonds. The summed E-state index contributed by atoms with van der Waals surface area (Å²) in [6.45, 7) is 10.1. The number of carbonyl (C=O) groups is 1. The quantitative estimate of drug-likeness (QED) is 0.116. The van der Waals surface area contributed by atoms with Crippen LogP contribution in [0, 0.1) is 0 Å². The van der Waals surface area contributed by atoms with Gasteiger partial charge in [-0.1, -0.05) is 42.3 Å². The van der Waals surface area contributed by atoms with Crippen molar-refractivity contribution in [2.45, 2.75) is 37.1 Å². The number of hydrogen-bond acceptors (Lipinski definition) is 11. The Balaban J connectivity index is 1.13. The molecule has 0 saturated carbocycles. The molecule has 0 spiro atoms. The van der Waals surface area contributed by atoms with Crippen molar-refractivity contribution in [3.8, 4) is 0 Å². The molecule has 16 heteroatoms. The van der Waals surface area contributed by atoms with Gasteiger partial charge in [-0.15, -0.1) is 0 Å². The lowest BCUT2D eigenvalue weighted by Crippen LogP contribution is -2.31. The Kier molecular flexibility index (Phi) is 22.2. The Hall–Kier alpha value is -1.92. The van der Waals surface area contributed by atoms with Crippen molar-refractivity contribution in [3.05, 3.63) is 63.1 Å². The second-order valence-corrected chi connectivity index (χ2v) is 14.7. The molecule has 1 aliphatic rings. The summed E-state index contributed by atoms with van der Waals surface area (Å²) in [6.07, 6.45) is 1.26. The fourth-order valence-electron chi connectivity index (χ4n) is 5.31. The molecule has 1 aliphatic heterocycles. The Labute approximate surface area is 318 Å². The van der Waals surface area contributed by atoms with E-state index in [2.05, 4.69) is 21.9 Å². The maximum Gasteiger partial charge on any atom is 0.240 e. The zero-order chi connectivity index (χ0) is 37.4. The first-order valence-electron chi connectivity index (χ1n) is 17.8. The molecule has 2 aromatic rings. The highest BCUT2D eigenvalue weighted by Crippen LogP contribution is 2.38. The van der Waals surface area contributed by atoms with Gasteiger partial charge in [-0.3, -0.25) is 4.79 Å². The van der Waals surface area contributed by atoms with Crippen molar-refractivity contribution >= 4 is 39.1 Å². The molecule has 1 unspecified atom stereocenters. The maximum atomic E-state index is 12.8. The molecule has 0 bridgehead atoms. The fourth-order valence-corrected chi connectivity index (χ4v) is 6.89. The number of fused-ring (bicyclic) bond motifs is 1. The molecule has 2 aromatic carbocycles. The topological polar surface area (TPSA) is 143 Å². The van der Waals surface area contributed by atoms with Gasteiger partial charge in [0.1, 0.15) is 0 Å². The molecule has 0 aliphatic carbocycles. The van der Waals surface area contributed by atoms with Crippen LogP contribution in [0.4, 0.5) is 0 Å². The molecule has 2 N–H and O–H groups in total. The summed E-state index contributed by atoms with van der Waals surface area (Å²) < 4.78 is 66.2. The van der Waals surface area contributed by atoms with E-state index in [9.17, 15) is 13.2 Å². The number of benzene rings is 2. The van der Waals surface area contributed by atoms with E-state index < -0.39 is 10.0 Å². The van der Waals surface area contributed by atoms with Gasteiger partial charge >= 0.3 is 0 Å². The molecule has 0 aromatic heterocycles. The van der Waals surface area contributed by atoms with Crippen molar-refractivity contribution in [1.29, 1.82) is 0 Å². The second kappa shape index (κ2) is 26.0. The smallest absolute Gasteiger partial charge is 0.240 e. The predicted molar refractivity (Wildman–Crippen MR) is 200 cm³/mol. The largest absolute Gasteiger partial charge is 0.379 e. The van der Waals surface area contributed by atoms with E-state index in [0.29, 0.717) is 95.9 Å². The third-order valence-electron chi connectivity index (χ3n) is 7.87. The number of nitrogens with one attached hydrogen (secondary N) is 2. The van der Waals surface area contributed by atoms with Crippen LogP contribution in [-0.2, 0) is 54.5 Å². The monoisotopic (exact) mass is 791 g/mol. The summed E-state index contributed by atoms with van der Waals surface area (Å²) in [5, 5.41) is 4.00. The molecule has 52 heavy (non-hydrogen) atoms. The van der Waals surface area contributed by atoms with E-state index in [4.69, 9.17) is 56.4 Å². The van der Waals surface area contributed by atoms with Gasteiger partial charge in [-0.25, -0.2) is 13.1 Å². The molecule has 0 radical (unpaired) electrons. The van der Waals surface area contributed by atoms with Crippen molar-refractivity contribution < 1.29 is 46.4 Å². The van der Waals surface area contributed by atoms with Gasteiger partial charge in [0, 0.05) is 55.2 Å². The third kappa shape index (κ3) is 17.5. The van der Waals surface area contributed by atoms with Crippen LogP contribution in [0.5, 0.6) is 0 Å². The molecule has 3 rings (SSSR count). The van der Waals surface area contributed by atoms with Crippen LogP contribution in [0.25, 0.3) is 0 Å². The van der Waals surface area contributed by atoms with Crippen LogP contribution >= 0.6 is 23.2 Å². The van der Waals surface area contributed by atoms with Crippen LogP contribution in [-0.4, -0.2) is 138 Å². The van der Waals surface area contributed by atoms with Crippen LogP contribution < -0.4 is 10.0 Å². The van der Waals surface area contributed by atoms with E-state index in [-0.39, 0.29) is 36.3 Å². The summed E-state index contributed by atoms with van der Waals surface area (Å²) in [6, 6.07) is 10.6. The average Bonchev–Trinajstić information content (AvgIpc) is 3.12. The lowest BCUT2D eigenvalue weighted by molar-refractivity contribution is -0.122. The highest BCUT2D eigenvalue weighted by atomic mass is 35.5. The highest BCUT2D eigenvalue weighted by molar-refractivity contribution is 7.89. The third-order valence-corrected chi connectivity index (χ3v) is 9.91. The van der Waals surface area contributed by atoms with Gasteiger partial charge in [0.15, 0.2) is 0 Å². The molecule has 294 valence electrons. The number of amides is 1. The zero-order valence-corrected chi connectivity index (χ0v) is 32.7. The summed E-state index contributed by atoms with van der Waals surface area (Å²) in [5.41, 5.74) is 3.10. The Bertz CT molecular complexity index is 1410. The number of rotatable bonds is 29. The maximum absolute atomic E-state index is 12.8. The molecular weight excluding hydrogens is 737 g/mol. The lowest BCUT2D eigenvalue weighted by Gasteiger charge is -2.33. The predicted octanol–water partition coefficient (Wildman–Crippen LogP) is 3.88. The first kappa shape index (κ1) is 44.5. The highest BCUT2D eigenvalue weighted by Gasteiger charge is 2.27. The number of sulfonamides is 1. The van der Waals surface area contributed by atoms with Crippen molar-refractivity contribution in [2.75, 3.05) is 119 Å². The number of hydrogen-bond donors (Lipinski definition) is 2. The van der Waals surface area contributed by atoms with E-state index in [0.717, 1.165) is 42.8 Å².